The standard InChI is InChI=1S/C19H22N4O4S2/c1-13(22-29(25,26)16-5-4-12-28-16)19(24)21-17(18-20-10-11-23(18)2)14-6-8-15(27-3)9-7-14/h4-13,17,22H,1-3H3,(H,21,24). The summed E-state index contributed by atoms with van der Waals surface area (Å²) >= 11 is 1.09. The van der Waals surface area contributed by atoms with Crippen LogP contribution in [0.3, 0.4) is 0 Å². The number of hydrogen-bond acceptors (Lipinski definition) is 6. The maximum Gasteiger partial charge on any atom is 0.250 e. The number of benzene rings is 1. The summed E-state index contributed by atoms with van der Waals surface area (Å²) in [5, 5.41) is 4.56. The van der Waals surface area contributed by atoms with Crippen molar-refractivity contribution >= 4 is 27.3 Å². The van der Waals surface area contributed by atoms with Crippen LogP contribution < -0.4 is 14.8 Å². The quantitative estimate of drug-likeness (QED) is 0.565. The van der Waals surface area contributed by atoms with Crippen LogP contribution in [0.2, 0.25) is 0 Å². The minimum atomic E-state index is -3.76. The van der Waals surface area contributed by atoms with Gasteiger partial charge in [-0.1, -0.05) is 18.2 Å². The molecule has 3 rings (SSSR count). The first-order valence-electron chi connectivity index (χ1n) is 8.79. The van der Waals surface area contributed by atoms with Gasteiger partial charge in [-0.25, -0.2) is 13.4 Å². The van der Waals surface area contributed by atoms with Crippen LogP contribution >= 0.6 is 11.3 Å². The molecule has 2 aromatic heterocycles. The highest BCUT2D eigenvalue weighted by atomic mass is 32.2. The van der Waals surface area contributed by atoms with Gasteiger partial charge in [0.05, 0.1) is 13.2 Å². The maximum atomic E-state index is 12.8. The molecule has 1 aromatic carbocycles. The Kier molecular flexibility index (Phi) is 6.36. The van der Waals surface area contributed by atoms with Gasteiger partial charge in [-0.05, 0) is 36.1 Å². The van der Waals surface area contributed by atoms with E-state index in [1.165, 1.54) is 13.0 Å². The van der Waals surface area contributed by atoms with Crippen molar-refractivity contribution in [2.45, 2.75) is 23.2 Å². The van der Waals surface area contributed by atoms with Crippen LogP contribution in [0.5, 0.6) is 5.75 Å². The summed E-state index contributed by atoms with van der Waals surface area (Å²) in [4.78, 5) is 17.1. The lowest BCUT2D eigenvalue weighted by Gasteiger charge is -2.22. The molecule has 0 bridgehead atoms. The average molecular weight is 435 g/mol. The lowest BCUT2D eigenvalue weighted by molar-refractivity contribution is -0.122. The third-order valence-electron chi connectivity index (χ3n) is 4.34. The van der Waals surface area contributed by atoms with E-state index < -0.39 is 28.0 Å². The van der Waals surface area contributed by atoms with Crippen LogP contribution in [0.1, 0.15) is 24.4 Å². The minimum Gasteiger partial charge on any atom is -0.497 e. The molecule has 0 aliphatic heterocycles. The first-order valence-corrected chi connectivity index (χ1v) is 11.2. The second-order valence-electron chi connectivity index (χ2n) is 6.39. The summed E-state index contributed by atoms with van der Waals surface area (Å²) in [7, 11) is -0.357. The van der Waals surface area contributed by atoms with E-state index in [1.54, 1.807) is 47.6 Å². The molecule has 2 unspecified atom stereocenters. The van der Waals surface area contributed by atoms with Gasteiger partial charge in [0.2, 0.25) is 5.91 Å². The van der Waals surface area contributed by atoms with Crippen molar-refractivity contribution in [1.29, 1.82) is 0 Å². The van der Waals surface area contributed by atoms with Crippen molar-refractivity contribution < 1.29 is 17.9 Å². The Morgan fingerprint density at radius 1 is 1.24 bits per heavy atom. The van der Waals surface area contributed by atoms with Crippen LogP contribution in [0, 0.1) is 0 Å². The summed E-state index contributed by atoms with van der Waals surface area (Å²) in [5.74, 6) is 0.849. The van der Waals surface area contributed by atoms with Gasteiger partial charge < -0.3 is 14.6 Å². The van der Waals surface area contributed by atoms with Crippen LogP contribution in [-0.2, 0) is 21.9 Å². The number of nitrogens with one attached hydrogen (secondary N) is 2. The van der Waals surface area contributed by atoms with Gasteiger partial charge in [-0.2, -0.15) is 4.72 Å². The van der Waals surface area contributed by atoms with Crippen molar-refractivity contribution in [3.8, 4) is 5.75 Å². The average Bonchev–Trinajstić information content (AvgIpc) is 3.38. The number of nitrogens with zero attached hydrogens (tertiary/aromatic N) is 2. The van der Waals surface area contributed by atoms with Gasteiger partial charge in [0.1, 0.15) is 21.8 Å². The van der Waals surface area contributed by atoms with Gasteiger partial charge in [0, 0.05) is 19.4 Å². The smallest absolute Gasteiger partial charge is 0.250 e. The fraction of sp³-hybridized carbons (Fsp3) is 0.263. The van der Waals surface area contributed by atoms with E-state index in [0.717, 1.165) is 16.9 Å². The number of ether oxygens (including phenoxy) is 1. The number of sulfonamides is 1. The van der Waals surface area contributed by atoms with Crippen LogP contribution in [0.25, 0.3) is 0 Å². The van der Waals surface area contributed by atoms with Gasteiger partial charge in [-0.15, -0.1) is 11.3 Å². The number of imidazole rings is 1. The third kappa shape index (κ3) is 4.84. The van der Waals surface area contributed by atoms with E-state index in [4.69, 9.17) is 4.74 Å². The first-order chi connectivity index (χ1) is 13.8. The molecule has 2 heterocycles. The van der Waals surface area contributed by atoms with Crippen LogP contribution in [-0.4, -0.2) is 37.0 Å². The number of carbonyl (C=O) groups is 1. The largest absolute Gasteiger partial charge is 0.497 e. The first kappa shape index (κ1) is 21.0. The molecule has 0 saturated heterocycles. The Morgan fingerprint density at radius 3 is 2.52 bits per heavy atom. The topological polar surface area (TPSA) is 102 Å². The van der Waals surface area contributed by atoms with E-state index in [1.807, 2.05) is 19.2 Å². The molecule has 29 heavy (non-hydrogen) atoms. The molecule has 3 aromatic rings. The molecule has 8 nitrogen and oxygen atoms in total. The summed E-state index contributed by atoms with van der Waals surface area (Å²) in [6.07, 6.45) is 3.42. The second kappa shape index (κ2) is 8.76. The van der Waals surface area contributed by atoms with E-state index in [0.29, 0.717) is 11.6 Å². The number of rotatable bonds is 8. The van der Waals surface area contributed by atoms with Gasteiger partial charge >= 0.3 is 0 Å². The van der Waals surface area contributed by atoms with Crippen molar-refractivity contribution in [2.75, 3.05) is 7.11 Å². The molecule has 0 radical (unpaired) electrons. The zero-order valence-corrected chi connectivity index (χ0v) is 17.8. The molecule has 2 N–H and O–H groups in total. The lowest BCUT2D eigenvalue weighted by Crippen LogP contribution is -2.46. The molecule has 0 spiro atoms. The Labute approximate surface area is 173 Å². The zero-order valence-electron chi connectivity index (χ0n) is 16.2. The van der Waals surface area contributed by atoms with Crippen molar-refractivity contribution in [2.24, 2.45) is 7.05 Å². The number of amides is 1. The van der Waals surface area contributed by atoms with E-state index in [2.05, 4.69) is 15.0 Å². The molecule has 1 amide bonds. The number of aromatic nitrogens is 2. The summed E-state index contributed by atoms with van der Waals surface area (Å²) in [6.45, 7) is 1.50. The second-order valence-corrected chi connectivity index (χ2v) is 9.27. The van der Waals surface area contributed by atoms with Gasteiger partial charge in [-0.3, -0.25) is 4.79 Å². The van der Waals surface area contributed by atoms with Crippen molar-refractivity contribution in [3.05, 3.63) is 65.6 Å². The van der Waals surface area contributed by atoms with E-state index in [-0.39, 0.29) is 4.21 Å². The zero-order chi connectivity index (χ0) is 21.0. The molecular weight excluding hydrogens is 412 g/mol. The fourth-order valence-corrected chi connectivity index (χ4v) is 4.99. The molecule has 0 fully saturated rings. The van der Waals surface area contributed by atoms with Gasteiger partial charge in [0.15, 0.2) is 0 Å². The van der Waals surface area contributed by atoms with E-state index in [9.17, 15) is 13.2 Å². The molecule has 0 saturated carbocycles. The molecule has 0 aliphatic carbocycles. The number of carbonyl (C=O) groups excluding carboxylic acids is 1. The summed E-state index contributed by atoms with van der Waals surface area (Å²) in [6, 6.07) is 8.86. The highest BCUT2D eigenvalue weighted by Gasteiger charge is 2.27. The minimum absolute atomic E-state index is 0.160. The Morgan fingerprint density at radius 2 is 1.97 bits per heavy atom. The maximum absolute atomic E-state index is 12.8. The third-order valence-corrected chi connectivity index (χ3v) is 7.28. The number of methoxy groups -OCH3 is 1. The SMILES string of the molecule is COc1ccc(C(NC(=O)C(C)NS(=O)(=O)c2cccs2)c2nccn2C)cc1. The highest BCUT2D eigenvalue weighted by Crippen LogP contribution is 2.23. The number of aryl methyl sites for hydroxylation is 1. The van der Waals surface area contributed by atoms with Crippen molar-refractivity contribution in [3.63, 3.8) is 0 Å². The molecule has 10 heteroatoms. The lowest BCUT2D eigenvalue weighted by atomic mass is 10.1. The van der Waals surface area contributed by atoms with Crippen LogP contribution in [0.4, 0.5) is 0 Å². The highest BCUT2D eigenvalue weighted by molar-refractivity contribution is 7.91. The van der Waals surface area contributed by atoms with E-state index >= 15 is 0 Å². The molecular formula is C19H22N4O4S2. The molecule has 154 valence electrons. The molecule has 0 aliphatic rings. The Balaban J connectivity index is 1.81. The summed E-state index contributed by atoms with van der Waals surface area (Å²) in [5.41, 5.74) is 0.793. The summed E-state index contributed by atoms with van der Waals surface area (Å²) < 4.78 is 34.4. The Bertz CT molecular complexity index is 1060. The fourth-order valence-electron chi connectivity index (χ4n) is 2.78. The van der Waals surface area contributed by atoms with Gasteiger partial charge in [0.25, 0.3) is 10.0 Å². The van der Waals surface area contributed by atoms with Crippen molar-refractivity contribution in [1.82, 2.24) is 19.6 Å². The number of hydrogen-bond donors (Lipinski definition) is 2. The predicted molar refractivity (Wildman–Crippen MR) is 110 cm³/mol. The molecule has 2 atom stereocenters. The monoisotopic (exact) mass is 434 g/mol. The number of thiophene rings is 1. The normalized spacial score (nSPS) is 13.6. The van der Waals surface area contributed by atoms with Crippen LogP contribution in [0.15, 0.2) is 58.4 Å². The Hall–Kier alpha value is -2.69. The predicted octanol–water partition coefficient (Wildman–Crippen LogP) is 2.06.